The number of nitrogens with zero attached hydrogens (tertiary/aromatic N) is 2. The van der Waals surface area contributed by atoms with E-state index < -0.39 is 0 Å². The molecule has 0 amide bonds. The molecule has 0 saturated carbocycles. The van der Waals surface area contributed by atoms with Gasteiger partial charge in [0.05, 0.1) is 16.9 Å². The summed E-state index contributed by atoms with van der Waals surface area (Å²) in [5.41, 5.74) is 7.34. The van der Waals surface area contributed by atoms with E-state index in [0.717, 1.165) is 39.1 Å². The first kappa shape index (κ1) is 16.3. The summed E-state index contributed by atoms with van der Waals surface area (Å²) in [5, 5.41) is 12.2. The lowest BCUT2D eigenvalue weighted by molar-refractivity contribution is 1.12. The number of benzene rings is 2. The van der Waals surface area contributed by atoms with Crippen molar-refractivity contribution in [3.8, 4) is 33.1 Å². The number of aromatic nitrogens is 4. The van der Waals surface area contributed by atoms with Crippen molar-refractivity contribution in [3.63, 3.8) is 0 Å². The molecule has 0 saturated heterocycles. The number of rotatable bonds is 3. The third kappa shape index (κ3) is 2.67. The third-order valence-electron chi connectivity index (χ3n) is 5.23. The largest absolute Gasteiger partial charge is 0.353 e. The van der Waals surface area contributed by atoms with Crippen LogP contribution in [0.5, 0.6) is 0 Å². The van der Waals surface area contributed by atoms with Crippen LogP contribution < -0.4 is 0 Å². The molecule has 4 nitrogen and oxygen atoms in total. The molecule has 138 valence electrons. The van der Waals surface area contributed by atoms with E-state index in [-0.39, 0.29) is 0 Å². The number of hydrogen-bond donors (Lipinski definition) is 2. The standard InChI is InChI=1S/C24H16N4S/c1-2-11-25-19(6-1)15-9-10-21-18(13-15)24(28-27-21)22-14-17-16(23-8-4-12-29-23)5-3-7-20(17)26-22/h1-14,26H,(H,27,28). The maximum atomic E-state index is 4.61. The Balaban J connectivity index is 1.53. The van der Waals surface area contributed by atoms with Gasteiger partial charge in [0.2, 0.25) is 0 Å². The van der Waals surface area contributed by atoms with Gasteiger partial charge in [0, 0.05) is 38.5 Å². The first-order chi connectivity index (χ1) is 14.4. The molecule has 0 radical (unpaired) electrons. The van der Waals surface area contributed by atoms with Crippen molar-refractivity contribution < 1.29 is 0 Å². The summed E-state index contributed by atoms with van der Waals surface area (Å²) in [6.07, 6.45) is 1.82. The molecule has 0 atom stereocenters. The molecule has 0 aliphatic heterocycles. The second kappa shape index (κ2) is 6.43. The van der Waals surface area contributed by atoms with Crippen LogP contribution in [0.3, 0.4) is 0 Å². The van der Waals surface area contributed by atoms with Gasteiger partial charge < -0.3 is 4.98 Å². The molecule has 0 aliphatic carbocycles. The lowest BCUT2D eigenvalue weighted by Crippen LogP contribution is -1.82. The van der Waals surface area contributed by atoms with Gasteiger partial charge in [-0.05, 0) is 47.8 Å². The fourth-order valence-electron chi connectivity index (χ4n) is 3.84. The van der Waals surface area contributed by atoms with Gasteiger partial charge in [-0.2, -0.15) is 5.10 Å². The summed E-state index contributed by atoms with van der Waals surface area (Å²) in [5.74, 6) is 0. The monoisotopic (exact) mass is 392 g/mol. The molecular weight excluding hydrogens is 376 g/mol. The average Bonchev–Trinajstić information content (AvgIpc) is 3.52. The first-order valence-corrected chi connectivity index (χ1v) is 10.3. The van der Waals surface area contributed by atoms with Gasteiger partial charge in [0.25, 0.3) is 0 Å². The Bertz CT molecular complexity index is 1440. The average molecular weight is 392 g/mol. The van der Waals surface area contributed by atoms with E-state index in [0.29, 0.717) is 0 Å². The molecule has 5 heteroatoms. The predicted octanol–water partition coefficient (Wildman–Crippen LogP) is 6.50. The van der Waals surface area contributed by atoms with Gasteiger partial charge in [-0.25, -0.2) is 0 Å². The van der Waals surface area contributed by atoms with Gasteiger partial charge in [0.15, 0.2) is 0 Å². The van der Waals surface area contributed by atoms with E-state index in [4.69, 9.17) is 0 Å². The molecule has 6 aromatic rings. The molecule has 0 aliphatic rings. The SMILES string of the molecule is c1ccc(-c2ccc3[nH]nc(-c4cc5c(-c6cccs6)cccc5[nH]4)c3c2)nc1. The zero-order chi connectivity index (χ0) is 19.2. The summed E-state index contributed by atoms with van der Waals surface area (Å²) in [6, 6.07) is 25.1. The lowest BCUT2D eigenvalue weighted by atomic mass is 10.1. The molecule has 2 N–H and O–H groups in total. The Morgan fingerprint density at radius 1 is 0.793 bits per heavy atom. The fraction of sp³-hybridized carbons (Fsp3) is 0. The molecule has 0 spiro atoms. The summed E-state index contributed by atoms with van der Waals surface area (Å²) < 4.78 is 0. The van der Waals surface area contributed by atoms with E-state index in [9.17, 15) is 0 Å². The second-order valence-electron chi connectivity index (χ2n) is 6.97. The Morgan fingerprint density at radius 2 is 1.79 bits per heavy atom. The molecule has 0 bridgehead atoms. The van der Waals surface area contributed by atoms with Crippen LogP contribution in [0.2, 0.25) is 0 Å². The quantitative estimate of drug-likeness (QED) is 0.361. The first-order valence-electron chi connectivity index (χ1n) is 9.42. The fourth-order valence-corrected chi connectivity index (χ4v) is 4.61. The number of hydrogen-bond acceptors (Lipinski definition) is 3. The molecule has 2 aromatic carbocycles. The molecule has 4 aromatic heterocycles. The molecule has 0 unspecified atom stereocenters. The highest BCUT2D eigenvalue weighted by atomic mass is 32.1. The van der Waals surface area contributed by atoms with Crippen molar-refractivity contribution in [1.29, 1.82) is 0 Å². The van der Waals surface area contributed by atoms with Gasteiger partial charge in [-0.3, -0.25) is 10.1 Å². The molecule has 6 rings (SSSR count). The van der Waals surface area contributed by atoms with E-state index in [2.05, 4.69) is 80.1 Å². The highest BCUT2D eigenvalue weighted by Gasteiger charge is 2.14. The van der Waals surface area contributed by atoms with Crippen molar-refractivity contribution in [2.24, 2.45) is 0 Å². The third-order valence-corrected chi connectivity index (χ3v) is 6.13. The minimum Gasteiger partial charge on any atom is -0.353 e. The maximum Gasteiger partial charge on any atom is 0.116 e. The van der Waals surface area contributed by atoms with Crippen LogP contribution >= 0.6 is 11.3 Å². The van der Waals surface area contributed by atoms with E-state index >= 15 is 0 Å². The zero-order valence-electron chi connectivity index (χ0n) is 15.4. The summed E-state index contributed by atoms with van der Waals surface area (Å²) in [7, 11) is 0. The van der Waals surface area contributed by atoms with Gasteiger partial charge in [-0.15, -0.1) is 11.3 Å². The van der Waals surface area contributed by atoms with Crippen LogP contribution in [0.4, 0.5) is 0 Å². The number of fused-ring (bicyclic) bond motifs is 2. The summed E-state index contributed by atoms with van der Waals surface area (Å²) >= 11 is 1.76. The zero-order valence-corrected chi connectivity index (χ0v) is 16.2. The van der Waals surface area contributed by atoms with Gasteiger partial charge in [0.1, 0.15) is 5.69 Å². The van der Waals surface area contributed by atoms with Crippen LogP contribution in [-0.2, 0) is 0 Å². The lowest BCUT2D eigenvalue weighted by Gasteiger charge is -2.01. The Morgan fingerprint density at radius 3 is 2.66 bits per heavy atom. The smallest absolute Gasteiger partial charge is 0.116 e. The molecule has 0 fully saturated rings. The minimum atomic E-state index is 0.922. The topological polar surface area (TPSA) is 57.4 Å². The van der Waals surface area contributed by atoms with E-state index in [1.54, 1.807) is 11.3 Å². The van der Waals surface area contributed by atoms with Gasteiger partial charge in [-0.1, -0.05) is 30.3 Å². The van der Waals surface area contributed by atoms with Crippen LogP contribution in [0.25, 0.3) is 54.9 Å². The normalized spacial score (nSPS) is 11.4. The van der Waals surface area contributed by atoms with E-state index in [1.807, 2.05) is 24.4 Å². The number of H-pyrrole nitrogens is 2. The number of pyridine rings is 1. The van der Waals surface area contributed by atoms with Gasteiger partial charge >= 0.3 is 0 Å². The number of aromatic amines is 2. The maximum absolute atomic E-state index is 4.61. The van der Waals surface area contributed by atoms with Crippen LogP contribution in [-0.4, -0.2) is 20.2 Å². The van der Waals surface area contributed by atoms with Crippen molar-refractivity contribution in [2.45, 2.75) is 0 Å². The van der Waals surface area contributed by atoms with E-state index in [1.165, 1.54) is 15.8 Å². The minimum absolute atomic E-state index is 0.922. The van der Waals surface area contributed by atoms with Crippen molar-refractivity contribution >= 4 is 33.1 Å². The number of nitrogens with one attached hydrogen (secondary N) is 2. The molecule has 4 heterocycles. The van der Waals surface area contributed by atoms with Crippen LogP contribution in [0.15, 0.2) is 84.4 Å². The predicted molar refractivity (Wildman–Crippen MR) is 120 cm³/mol. The Kier molecular flexibility index (Phi) is 3.61. The summed E-state index contributed by atoms with van der Waals surface area (Å²) in [6.45, 7) is 0. The van der Waals surface area contributed by atoms with Crippen LogP contribution in [0, 0.1) is 0 Å². The second-order valence-corrected chi connectivity index (χ2v) is 7.92. The van der Waals surface area contributed by atoms with Crippen molar-refractivity contribution in [3.05, 3.63) is 84.4 Å². The Labute approximate surface area is 170 Å². The molecule has 29 heavy (non-hydrogen) atoms. The van der Waals surface area contributed by atoms with Crippen molar-refractivity contribution in [1.82, 2.24) is 20.2 Å². The van der Waals surface area contributed by atoms with Crippen LogP contribution in [0.1, 0.15) is 0 Å². The summed E-state index contributed by atoms with van der Waals surface area (Å²) in [4.78, 5) is 9.31. The highest BCUT2D eigenvalue weighted by Crippen LogP contribution is 2.36. The highest BCUT2D eigenvalue weighted by molar-refractivity contribution is 7.13. The number of thiophene rings is 1. The molecular formula is C24H16N4S. The Hall–Kier alpha value is -3.70. The van der Waals surface area contributed by atoms with Crippen molar-refractivity contribution in [2.75, 3.05) is 0 Å².